The van der Waals surface area contributed by atoms with Gasteiger partial charge in [0, 0.05) is 25.2 Å². The van der Waals surface area contributed by atoms with E-state index in [1.165, 1.54) is 5.56 Å². The summed E-state index contributed by atoms with van der Waals surface area (Å²) >= 11 is 6.45. The molecule has 0 saturated carbocycles. The summed E-state index contributed by atoms with van der Waals surface area (Å²) in [7, 11) is 2.03. The number of nitrogens with one attached hydrogen (secondary N) is 1. The number of rotatable bonds is 7. The van der Waals surface area contributed by atoms with Gasteiger partial charge in [-0.1, -0.05) is 24.6 Å². The maximum atomic E-state index is 6.45. The average Bonchev–Trinajstić information content (AvgIpc) is 2.97. The first-order valence-electron chi connectivity index (χ1n) is 7.37. The SMILES string of the molecule is CCCNC(C)c1ccc(N(C)Cc2ccoc2)c(Cl)c1. The number of hydrogen-bond donors (Lipinski definition) is 1. The van der Waals surface area contributed by atoms with Crippen LogP contribution in [0.4, 0.5) is 5.69 Å². The molecular weight excluding hydrogens is 284 g/mol. The molecule has 1 aromatic heterocycles. The largest absolute Gasteiger partial charge is 0.472 e. The van der Waals surface area contributed by atoms with Crippen LogP contribution in [0.1, 0.15) is 37.4 Å². The van der Waals surface area contributed by atoms with Crippen molar-refractivity contribution in [3.05, 3.63) is 52.9 Å². The lowest BCUT2D eigenvalue weighted by Gasteiger charge is -2.21. The number of anilines is 1. The Morgan fingerprint density at radius 1 is 1.33 bits per heavy atom. The van der Waals surface area contributed by atoms with Crippen molar-refractivity contribution < 1.29 is 4.42 Å². The van der Waals surface area contributed by atoms with Gasteiger partial charge in [-0.3, -0.25) is 0 Å². The van der Waals surface area contributed by atoms with Crippen LogP contribution >= 0.6 is 11.6 Å². The molecule has 0 spiro atoms. The Morgan fingerprint density at radius 3 is 2.76 bits per heavy atom. The molecule has 0 fully saturated rings. The molecule has 0 aliphatic carbocycles. The minimum atomic E-state index is 0.315. The lowest BCUT2D eigenvalue weighted by Crippen LogP contribution is -2.20. The van der Waals surface area contributed by atoms with Crippen molar-refractivity contribution in [2.75, 3.05) is 18.5 Å². The summed E-state index contributed by atoms with van der Waals surface area (Å²) in [6.07, 6.45) is 4.58. The summed E-state index contributed by atoms with van der Waals surface area (Å²) in [5, 5.41) is 4.26. The van der Waals surface area contributed by atoms with Crippen LogP contribution in [0.15, 0.2) is 41.2 Å². The van der Waals surface area contributed by atoms with Crippen LogP contribution in [-0.2, 0) is 6.54 Å². The smallest absolute Gasteiger partial charge is 0.0952 e. The first-order valence-corrected chi connectivity index (χ1v) is 7.74. The van der Waals surface area contributed by atoms with Gasteiger partial charge in [0.2, 0.25) is 0 Å². The number of benzene rings is 1. The fourth-order valence-electron chi connectivity index (χ4n) is 2.32. The highest BCUT2D eigenvalue weighted by Crippen LogP contribution is 2.29. The number of nitrogens with zero attached hydrogens (tertiary/aromatic N) is 1. The normalized spacial score (nSPS) is 12.4. The molecule has 1 N–H and O–H groups in total. The second-order valence-corrected chi connectivity index (χ2v) is 5.78. The summed E-state index contributed by atoms with van der Waals surface area (Å²) in [6.45, 7) is 6.12. The van der Waals surface area contributed by atoms with E-state index < -0.39 is 0 Å². The molecule has 114 valence electrons. The van der Waals surface area contributed by atoms with E-state index in [-0.39, 0.29) is 0 Å². The molecule has 1 unspecified atom stereocenters. The predicted molar refractivity (Wildman–Crippen MR) is 89.0 cm³/mol. The highest BCUT2D eigenvalue weighted by Gasteiger charge is 2.11. The molecular formula is C17H23ClN2O. The third-order valence-corrected chi connectivity index (χ3v) is 3.89. The van der Waals surface area contributed by atoms with E-state index in [2.05, 4.69) is 42.3 Å². The number of hydrogen-bond acceptors (Lipinski definition) is 3. The molecule has 0 bridgehead atoms. The molecule has 2 aromatic rings. The second kappa shape index (κ2) is 7.53. The summed E-state index contributed by atoms with van der Waals surface area (Å²) in [4.78, 5) is 2.13. The standard InChI is InChI=1S/C17H23ClN2O/c1-4-8-19-13(2)15-5-6-17(16(18)10-15)20(3)11-14-7-9-21-12-14/h5-7,9-10,12-13,19H,4,8,11H2,1-3H3. The lowest BCUT2D eigenvalue weighted by molar-refractivity contribution is 0.563. The second-order valence-electron chi connectivity index (χ2n) is 5.37. The van der Waals surface area contributed by atoms with Crippen LogP contribution in [0.25, 0.3) is 0 Å². The first-order chi connectivity index (χ1) is 10.1. The van der Waals surface area contributed by atoms with Gasteiger partial charge in [0.15, 0.2) is 0 Å². The molecule has 1 aromatic carbocycles. The fraction of sp³-hybridized carbons (Fsp3) is 0.412. The molecule has 2 rings (SSSR count). The summed E-state index contributed by atoms with van der Waals surface area (Å²) in [5.41, 5.74) is 3.38. The Kier molecular flexibility index (Phi) is 5.71. The Hall–Kier alpha value is -1.45. The molecule has 1 heterocycles. The van der Waals surface area contributed by atoms with Crippen molar-refractivity contribution >= 4 is 17.3 Å². The van der Waals surface area contributed by atoms with Gasteiger partial charge in [-0.15, -0.1) is 0 Å². The minimum Gasteiger partial charge on any atom is -0.472 e. The van der Waals surface area contributed by atoms with Crippen LogP contribution in [0.2, 0.25) is 5.02 Å². The molecule has 0 amide bonds. The van der Waals surface area contributed by atoms with Crippen molar-refractivity contribution in [2.24, 2.45) is 0 Å². The fourth-order valence-corrected chi connectivity index (χ4v) is 2.66. The van der Waals surface area contributed by atoms with Gasteiger partial charge in [0.25, 0.3) is 0 Å². The minimum absolute atomic E-state index is 0.315. The monoisotopic (exact) mass is 306 g/mol. The van der Waals surface area contributed by atoms with Crippen molar-refractivity contribution in [3.63, 3.8) is 0 Å². The third kappa shape index (κ3) is 4.26. The van der Waals surface area contributed by atoms with Gasteiger partial charge in [0.05, 0.1) is 23.2 Å². The molecule has 0 saturated heterocycles. The maximum absolute atomic E-state index is 6.45. The van der Waals surface area contributed by atoms with E-state index in [4.69, 9.17) is 16.0 Å². The van der Waals surface area contributed by atoms with Crippen LogP contribution < -0.4 is 10.2 Å². The summed E-state index contributed by atoms with van der Waals surface area (Å²) in [5.74, 6) is 0. The van der Waals surface area contributed by atoms with E-state index in [0.717, 1.165) is 35.8 Å². The number of halogens is 1. The van der Waals surface area contributed by atoms with E-state index >= 15 is 0 Å². The van der Waals surface area contributed by atoms with Crippen molar-refractivity contribution in [3.8, 4) is 0 Å². The average molecular weight is 307 g/mol. The molecule has 1 atom stereocenters. The molecule has 0 aliphatic heterocycles. The van der Waals surface area contributed by atoms with Gasteiger partial charge in [0.1, 0.15) is 0 Å². The zero-order chi connectivity index (χ0) is 15.2. The van der Waals surface area contributed by atoms with Crippen molar-refractivity contribution in [2.45, 2.75) is 32.9 Å². The summed E-state index contributed by atoms with van der Waals surface area (Å²) in [6, 6.07) is 8.56. The Bertz CT molecular complexity index is 554. The number of furan rings is 1. The van der Waals surface area contributed by atoms with E-state index in [1.54, 1.807) is 12.5 Å². The Labute approximate surface area is 131 Å². The zero-order valence-corrected chi connectivity index (χ0v) is 13.7. The summed E-state index contributed by atoms with van der Waals surface area (Å²) < 4.78 is 5.10. The highest BCUT2D eigenvalue weighted by molar-refractivity contribution is 6.33. The van der Waals surface area contributed by atoms with E-state index in [0.29, 0.717) is 6.04 Å². The highest BCUT2D eigenvalue weighted by atomic mass is 35.5. The molecule has 4 heteroatoms. The van der Waals surface area contributed by atoms with E-state index in [9.17, 15) is 0 Å². The first kappa shape index (κ1) is 15.9. The molecule has 21 heavy (non-hydrogen) atoms. The van der Waals surface area contributed by atoms with Gasteiger partial charge in [-0.2, -0.15) is 0 Å². The molecule has 0 radical (unpaired) electrons. The van der Waals surface area contributed by atoms with Gasteiger partial charge < -0.3 is 14.6 Å². The van der Waals surface area contributed by atoms with E-state index in [1.807, 2.05) is 13.1 Å². The van der Waals surface area contributed by atoms with Gasteiger partial charge in [-0.05, 0) is 43.7 Å². The van der Waals surface area contributed by atoms with Gasteiger partial charge >= 0.3 is 0 Å². The van der Waals surface area contributed by atoms with Crippen molar-refractivity contribution in [1.82, 2.24) is 5.32 Å². The Balaban J connectivity index is 2.07. The molecule has 3 nitrogen and oxygen atoms in total. The van der Waals surface area contributed by atoms with Crippen LogP contribution in [0.5, 0.6) is 0 Å². The van der Waals surface area contributed by atoms with Crippen LogP contribution in [-0.4, -0.2) is 13.6 Å². The zero-order valence-electron chi connectivity index (χ0n) is 12.9. The Morgan fingerprint density at radius 2 is 2.14 bits per heavy atom. The van der Waals surface area contributed by atoms with Gasteiger partial charge in [-0.25, -0.2) is 0 Å². The lowest BCUT2D eigenvalue weighted by atomic mass is 10.1. The predicted octanol–water partition coefficient (Wildman–Crippen LogP) is 4.63. The molecule has 0 aliphatic rings. The maximum Gasteiger partial charge on any atom is 0.0952 e. The topological polar surface area (TPSA) is 28.4 Å². The van der Waals surface area contributed by atoms with Crippen LogP contribution in [0, 0.1) is 0 Å². The van der Waals surface area contributed by atoms with Crippen molar-refractivity contribution in [1.29, 1.82) is 0 Å². The third-order valence-electron chi connectivity index (χ3n) is 3.58. The van der Waals surface area contributed by atoms with Crippen LogP contribution in [0.3, 0.4) is 0 Å². The quantitative estimate of drug-likeness (QED) is 0.808.